The molecule has 1 fully saturated rings. The Bertz CT molecular complexity index is 909. The van der Waals surface area contributed by atoms with E-state index in [2.05, 4.69) is 34.2 Å². The van der Waals surface area contributed by atoms with Crippen LogP contribution >= 0.6 is 0 Å². The molecule has 1 saturated heterocycles. The molecule has 0 radical (unpaired) electrons. The van der Waals surface area contributed by atoms with E-state index in [1.165, 1.54) is 29.3 Å². The number of nitrogens with zero attached hydrogens (tertiary/aromatic N) is 1. The van der Waals surface area contributed by atoms with Crippen molar-refractivity contribution in [1.29, 1.82) is 0 Å². The number of aromatic amines is 1. The lowest BCUT2D eigenvalue weighted by Crippen LogP contribution is -2.43. The van der Waals surface area contributed by atoms with E-state index in [0.29, 0.717) is 5.57 Å². The number of allylic oxidation sites excluding steroid dienone is 1. The minimum absolute atomic E-state index is 0.129. The number of para-hydroxylation sites is 1. The van der Waals surface area contributed by atoms with Gasteiger partial charge in [0.25, 0.3) is 0 Å². The molecular weight excluding hydrogens is 328 g/mol. The number of aliphatic hydroxyl groups is 1. The number of hydrogen-bond acceptors (Lipinski definition) is 4. The summed E-state index contributed by atoms with van der Waals surface area (Å²) in [4.78, 5) is 18.2. The van der Waals surface area contributed by atoms with Gasteiger partial charge in [-0.25, -0.2) is 4.79 Å². The van der Waals surface area contributed by atoms with Crippen molar-refractivity contribution in [2.24, 2.45) is 5.92 Å². The molecule has 2 atom stereocenters. The number of esters is 1. The number of nitrogens with one attached hydrogen (secondary N) is 1. The van der Waals surface area contributed by atoms with Gasteiger partial charge in [-0.15, -0.1) is 0 Å². The number of aliphatic hydroxyl groups excluding tert-OH is 1. The zero-order valence-electron chi connectivity index (χ0n) is 15.2. The van der Waals surface area contributed by atoms with Crippen LogP contribution in [-0.2, 0) is 16.0 Å². The highest BCUT2D eigenvalue weighted by Crippen LogP contribution is 2.44. The second kappa shape index (κ2) is 6.65. The molecule has 26 heavy (non-hydrogen) atoms. The highest BCUT2D eigenvalue weighted by Gasteiger charge is 2.40. The van der Waals surface area contributed by atoms with Crippen molar-refractivity contribution in [1.82, 2.24) is 9.88 Å². The molecule has 2 N–H and O–H groups in total. The summed E-state index contributed by atoms with van der Waals surface area (Å²) in [5.74, 6) is -0.589. The van der Waals surface area contributed by atoms with Gasteiger partial charge in [-0.3, -0.25) is 4.90 Å². The standard InChI is InChI=1S/C21H24N2O3/c1-3-13-11-23-9-8-15-14-6-4-5-7-18(14)22-20(15)19(23)10-16(13)17(12-24)21(25)26-2/h3-7,12,16,19,22,24H,8-11H2,1-2H3/b13-3+,17-12+/t16-,19+/m1/s1. The van der Waals surface area contributed by atoms with E-state index in [4.69, 9.17) is 4.74 Å². The van der Waals surface area contributed by atoms with Crippen molar-refractivity contribution >= 4 is 16.9 Å². The Morgan fingerprint density at radius 1 is 1.38 bits per heavy atom. The quantitative estimate of drug-likeness (QED) is 0.375. The first-order valence-electron chi connectivity index (χ1n) is 9.09. The SMILES string of the molecule is C/C=C1\CN2CCc3c([nH]c4ccccc34)[C@@H]2C[C@H]1/C(=C\O)C(=O)OC. The Hall–Kier alpha value is -2.53. The van der Waals surface area contributed by atoms with Crippen LogP contribution in [0.5, 0.6) is 0 Å². The zero-order chi connectivity index (χ0) is 18.3. The van der Waals surface area contributed by atoms with E-state index in [1.807, 2.05) is 13.0 Å². The van der Waals surface area contributed by atoms with Crippen molar-refractivity contribution in [3.05, 3.63) is 59.0 Å². The third-order valence-electron chi connectivity index (χ3n) is 5.87. The molecule has 1 aromatic heterocycles. The van der Waals surface area contributed by atoms with Gasteiger partial charge in [0.1, 0.15) is 0 Å². The first-order valence-corrected chi connectivity index (χ1v) is 9.09. The lowest BCUT2D eigenvalue weighted by molar-refractivity contribution is -0.136. The van der Waals surface area contributed by atoms with Gasteiger partial charge >= 0.3 is 5.97 Å². The summed E-state index contributed by atoms with van der Waals surface area (Å²) in [6.45, 7) is 3.79. The van der Waals surface area contributed by atoms with Crippen LogP contribution in [0.4, 0.5) is 0 Å². The summed E-state index contributed by atoms with van der Waals surface area (Å²) in [6.07, 6.45) is 4.76. The molecule has 5 nitrogen and oxygen atoms in total. The zero-order valence-corrected chi connectivity index (χ0v) is 15.2. The smallest absolute Gasteiger partial charge is 0.337 e. The third-order valence-corrected chi connectivity index (χ3v) is 5.87. The normalized spacial score (nSPS) is 25.2. The molecule has 0 unspecified atom stereocenters. The molecule has 0 bridgehead atoms. The van der Waals surface area contributed by atoms with Crippen molar-refractivity contribution < 1.29 is 14.6 Å². The van der Waals surface area contributed by atoms with Crippen LogP contribution in [0.15, 0.2) is 47.7 Å². The molecule has 0 saturated carbocycles. The molecule has 0 spiro atoms. The number of carbonyl (C=O) groups excluding carboxylic acids is 1. The lowest BCUT2D eigenvalue weighted by Gasteiger charge is -2.43. The van der Waals surface area contributed by atoms with Crippen LogP contribution in [0.2, 0.25) is 0 Å². The number of H-pyrrole nitrogens is 1. The molecule has 1 aromatic carbocycles. The number of benzene rings is 1. The molecule has 136 valence electrons. The molecule has 2 aliphatic rings. The van der Waals surface area contributed by atoms with Crippen molar-refractivity contribution in [3.8, 4) is 0 Å². The largest absolute Gasteiger partial charge is 0.515 e. The molecule has 2 aliphatic heterocycles. The predicted octanol–water partition coefficient (Wildman–Crippen LogP) is 3.65. The van der Waals surface area contributed by atoms with E-state index in [1.54, 1.807) is 0 Å². The summed E-state index contributed by atoms with van der Waals surface area (Å²) in [6, 6.07) is 8.62. The number of rotatable bonds is 2. The topological polar surface area (TPSA) is 65.6 Å². The first-order chi connectivity index (χ1) is 12.7. The Balaban J connectivity index is 1.75. The van der Waals surface area contributed by atoms with Gasteiger partial charge in [0.15, 0.2) is 0 Å². The highest BCUT2D eigenvalue weighted by atomic mass is 16.5. The average molecular weight is 352 g/mol. The van der Waals surface area contributed by atoms with Crippen LogP contribution in [0.3, 0.4) is 0 Å². The van der Waals surface area contributed by atoms with Crippen molar-refractivity contribution in [3.63, 3.8) is 0 Å². The molecule has 0 aliphatic carbocycles. The molecule has 2 aromatic rings. The number of aromatic nitrogens is 1. The Labute approximate surface area is 153 Å². The number of hydrogen-bond donors (Lipinski definition) is 2. The summed E-state index contributed by atoms with van der Waals surface area (Å²) in [5, 5.41) is 11.0. The molecule has 5 heteroatoms. The van der Waals surface area contributed by atoms with Gasteiger partial charge in [0, 0.05) is 35.6 Å². The van der Waals surface area contributed by atoms with Gasteiger partial charge in [-0.05, 0) is 31.4 Å². The van der Waals surface area contributed by atoms with Crippen LogP contribution in [0, 0.1) is 5.92 Å². The third kappa shape index (κ3) is 2.54. The van der Waals surface area contributed by atoms with E-state index in [-0.39, 0.29) is 12.0 Å². The van der Waals surface area contributed by atoms with Gasteiger partial charge in [-0.1, -0.05) is 29.8 Å². The van der Waals surface area contributed by atoms with Crippen LogP contribution in [-0.4, -0.2) is 41.2 Å². The summed E-state index contributed by atoms with van der Waals surface area (Å²) >= 11 is 0. The molecular formula is C21H24N2O3. The van der Waals surface area contributed by atoms with Crippen molar-refractivity contribution in [2.75, 3.05) is 20.2 Å². The van der Waals surface area contributed by atoms with E-state index in [0.717, 1.165) is 37.8 Å². The Morgan fingerprint density at radius 2 is 2.19 bits per heavy atom. The molecule has 4 rings (SSSR count). The fourth-order valence-corrected chi connectivity index (χ4v) is 4.57. The van der Waals surface area contributed by atoms with Gasteiger partial charge < -0.3 is 14.8 Å². The summed E-state index contributed by atoms with van der Waals surface area (Å²) < 4.78 is 4.89. The highest BCUT2D eigenvalue weighted by molar-refractivity contribution is 5.89. The minimum atomic E-state index is -0.460. The predicted molar refractivity (Wildman–Crippen MR) is 101 cm³/mol. The monoisotopic (exact) mass is 352 g/mol. The number of piperidine rings is 1. The lowest BCUT2D eigenvalue weighted by atomic mass is 9.78. The Kier molecular flexibility index (Phi) is 4.32. The maximum atomic E-state index is 12.2. The fraction of sp³-hybridized carbons (Fsp3) is 0.381. The van der Waals surface area contributed by atoms with Gasteiger partial charge in [0.05, 0.1) is 25.0 Å². The number of ether oxygens (including phenoxy) is 1. The van der Waals surface area contributed by atoms with Crippen LogP contribution in [0.25, 0.3) is 10.9 Å². The van der Waals surface area contributed by atoms with E-state index in [9.17, 15) is 9.90 Å². The maximum Gasteiger partial charge on any atom is 0.337 e. The van der Waals surface area contributed by atoms with Crippen molar-refractivity contribution in [2.45, 2.75) is 25.8 Å². The minimum Gasteiger partial charge on any atom is -0.515 e. The van der Waals surface area contributed by atoms with Crippen LogP contribution < -0.4 is 0 Å². The summed E-state index contributed by atoms with van der Waals surface area (Å²) in [5.41, 5.74) is 5.30. The van der Waals surface area contributed by atoms with E-state index >= 15 is 0 Å². The Morgan fingerprint density at radius 3 is 2.92 bits per heavy atom. The second-order valence-corrected chi connectivity index (χ2v) is 7.03. The average Bonchev–Trinajstić information content (AvgIpc) is 3.07. The first kappa shape index (κ1) is 16.9. The number of carbonyl (C=O) groups is 1. The van der Waals surface area contributed by atoms with Gasteiger partial charge in [0.2, 0.25) is 0 Å². The fourth-order valence-electron chi connectivity index (χ4n) is 4.57. The van der Waals surface area contributed by atoms with Gasteiger partial charge in [-0.2, -0.15) is 0 Å². The van der Waals surface area contributed by atoms with E-state index < -0.39 is 5.97 Å². The van der Waals surface area contributed by atoms with Crippen LogP contribution in [0.1, 0.15) is 30.6 Å². The second-order valence-electron chi connectivity index (χ2n) is 7.03. The molecule has 0 amide bonds. The molecule has 3 heterocycles. The maximum absolute atomic E-state index is 12.2. The number of methoxy groups -OCH3 is 1. The number of fused-ring (bicyclic) bond motifs is 5. The summed E-state index contributed by atoms with van der Waals surface area (Å²) in [7, 11) is 1.35.